The summed E-state index contributed by atoms with van der Waals surface area (Å²) < 4.78 is 1.89. The first kappa shape index (κ1) is 20.1. The number of imidazole rings is 1. The molecule has 30 heavy (non-hydrogen) atoms. The number of carbonyl (C=O) groups is 2. The van der Waals surface area contributed by atoms with Crippen LogP contribution in [-0.2, 0) is 17.9 Å². The highest BCUT2D eigenvalue weighted by Gasteiger charge is 2.48. The highest BCUT2D eigenvalue weighted by Crippen LogP contribution is 2.31. The van der Waals surface area contributed by atoms with Crippen molar-refractivity contribution in [3.63, 3.8) is 0 Å². The molecule has 2 aromatic carbocycles. The fourth-order valence-corrected chi connectivity index (χ4v) is 4.01. The van der Waals surface area contributed by atoms with E-state index >= 15 is 0 Å². The van der Waals surface area contributed by atoms with Gasteiger partial charge in [0, 0.05) is 13.1 Å². The van der Waals surface area contributed by atoms with Crippen LogP contribution in [0.3, 0.4) is 0 Å². The molecule has 0 saturated heterocycles. The molecular formula is C24H28N4O2. The van der Waals surface area contributed by atoms with Crippen LogP contribution in [-0.4, -0.2) is 38.3 Å². The molecule has 0 bridgehead atoms. The zero-order valence-corrected chi connectivity index (χ0v) is 17.8. The number of hydrogen-bond acceptors (Lipinski definition) is 3. The van der Waals surface area contributed by atoms with Crippen LogP contribution in [0.2, 0.25) is 0 Å². The van der Waals surface area contributed by atoms with Gasteiger partial charge in [-0.3, -0.25) is 9.59 Å². The molecule has 1 aliphatic heterocycles. The maximum Gasteiger partial charge on any atom is 0.291 e. The third kappa shape index (κ3) is 3.58. The van der Waals surface area contributed by atoms with Crippen molar-refractivity contribution in [2.24, 2.45) is 5.92 Å². The van der Waals surface area contributed by atoms with Gasteiger partial charge in [0.1, 0.15) is 5.54 Å². The minimum Gasteiger partial charge on any atom is -0.354 e. The molecule has 1 aromatic heterocycles. The number of carbonyl (C=O) groups excluding carboxylic acids is 2. The lowest BCUT2D eigenvalue weighted by molar-refractivity contribution is -0.133. The molecule has 156 valence electrons. The third-order valence-electron chi connectivity index (χ3n) is 5.83. The average Bonchev–Trinajstić information content (AvgIpc) is 3.10. The number of rotatable bonds is 6. The van der Waals surface area contributed by atoms with Crippen LogP contribution in [0.15, 0.2) is 54.6 Å². The van der Waals surface area contributed by atoms with Gasteiger partial charge in [0.25, 0.3) is 5.91 Å². The van der Waals surface area contributed by atoms with E-state index in [4.69, 9.17) is 0 Å². The van der Waals surface area contributed by atoms with Crippen LogP contribution < -0.4 is 5.32 Å². The number of aromatic nitrogens is 2. The zero-order valence-electron chi connectivity index (χ0n) is 17.8. The van der Waals surface area contributed by atoms with Crippen molar-refractivity contribution in [1.82, 2.24) is 19.8 Å². The molecule has 0 aliphatic carbocycles. The van der Waals surface area contributed by atoms with E-state index in [2.05, 4.69) is 24.1 Å². The summed E-state index contributed by atoms with van der Waals surface area (Å²) in [5, 5.41) is 3.07. The number of nitrogens with zero attached hydrogens (tertiary/aromatic N) is 3. The lowest BCUT2D eigenvalue weighted by Crippen LogP contribution is -2.63. The van der Waals surface area contributed by atoms with Gasteiger partial charge in [-0.05, 0) is 37.0 Å². The van der Waals surface area contributed by atoms with Gasteiger partial charge in [-0.25, -0.2) is 4.98 Å². The number of fused-ring (bicyclic) bond motifs is 3. The van der Waals surface area contributed by atoms with Crippen molar-refractivity contribution in [3.05, 3.63) is 66.0 Å². The molecule has 1 N–H and O–H groups in total. The number of benzene rings is 2. The monoisotopic (exact) mass is 404 g/mol. The Kier molecular flexibility index (Phi) is 5.33. The van der Waals surface area contributed by atoms with Gasteiger partial charge >= 0.3 is 0 Å². The van der Waals surface area contributed by atoms with E-state index in [1.54, 1.807) is 4.90 Å². The van der Waals surface area contributed by atoms with Crippen LogP contribution in [0.25, 0.3) is 11.0 Å². The van der Waals surface area contributed by atoms with Crippen LogP contribution in [0.1, 0.15) is 43.4 Å². The normalized spacial score (nSPS) is 18.7. The van der Waals surface area contributed by atoms with Crippen molar-refractivity contribution in [1.29, 1.82) is 0 Å². The zero-order chi connectivity index (χ0) is 21.3. The molecule has 0 saturated carbocycles. The maximum atomic E-state index is 13.6. The van der Waals surface area contributed by atoms with Gasteiger partial charge in [-0.15, -0.1) is 0 Å². The second-order valence-corrected chi connectivity index (χ2v) is 8.60. The van der Waals surface area contributed by atoms with Gasteiger partial charge in [-0.1, -0.05) is 56.3 Å². The second kappa shape index (κ2) is 7.94. The van der Waals surface area contributed by atoms with Crippen molar-refractivity contribution in [2.45, 2.75) is 45.8 Å². The Labute approximate surface area is 176 Å². The number of amides is 2. The molecule has 6 nitrogen and oxygen atoms in total. The summed E-state index contributed by atoms with van der Waals surface area (Å²) in [4.78, 5) is 33.2. The van der Waals surface area contributed by atoms with E-state index in [9.17, 15) is 9.59 Å². The highest BCUT2D eigenvalue weighted by atomic mass is 16.2. The first-order chi connectivity index (χ1) is 14.4. The van der Waals surface area contributed by atoms with E-state index in [0.717, 1.165) is 23.0 Å². The molecule has 3 aromatic rings. The first-order valence-corrected chi connectivity index (χ1v) is 10.5. The van der Waals surface area contributed by atoms with Crippen molar-refractivity contribution < 1.29 is 9.59 Å². The van der Waals surface area contributed by atoms with Crippen LogP contribution in [0, 0.1) is 5.92 Å². The van der Waals surface area contributed by atoms with Crippen LogP contribution in [0.5, 0.6) is 0 Å². The largest absolute Gasteiger partial charge is 0.354 e. The number of nitrogens with one attached hydrogen (secondary N) is 1. The fourth-order valence-electron chi connectivity index (χ4n) is 4.01. The molecule has 1 unspecified atom stereocenters. The van der Waals surface area contributed by atoms with Gasteiger partial charge in [0.15, 0.2) is 5.82 Å². The Balaban J connectivity index is 1.74. The van der Waals surface area contributed by atoms with Crippen molar-refractivity contribution in [3.8, 4) is 0 Å². The highest BCUT2D eigenvalue weighted by molar-refractivity contribution is 6.01. The maximum absolute atomic E-state index is 13.6. The Morgan fingerprint density at radius 1 is 1.13 bits per heavy atom. The Morgan fingerprint density at radius 2 is 1.83 bits per heavy atom. The van der Waals surface area contributed by atoms with E-state index in [1.165, 1.54) is 0 Å². The summed E-state index contributed by atoms with van der Waals surface area (Å²) in [6, 6.07) is 17.5. The lowest BCUT2D eigenvalue weighted by atomic mass is 9.94. The topological polar surface area (TPSA) is 67.2 Å². The second-order valence-electron chi connectivity index (χ2n) is 8.60. The van der Waals surface area contributed by atoms with Gasteiger partial charge in [0.2, 0.25) is 5.91 Å². The minimum absolute atomic E-state index is 0.129. The lowest BCUT2D eigenvalue weighted by Gasteiger charge is -2.43. The van der Waals surface area contributed by atoms with Gasteiger partial charge in [-0.2, -0.15) is 0 Å². The summed E-state index contributed by atoms with van der Waals surface area (Å²) in [5.41, 5.74) is 1.61. The Bertz CT molecular complexity index is 1070. The Hall–Kier alpha value is -3.15. The predicted molar refractivity (Wildman–Crippen MR) is 117 cm³/mol. The van der Waals surface area contributed by atoms with Crippen molar-refractivity contribution in [2.75, 3.05) is 6.54 Å². The predicted octanol–water partition coefficient (Wildman–Crippen LogP) is 3.61. The molecule has 2 amide bonds. The molecule has 0 radical (unpaired) electrons. The minimum atomic E-state index is -1.01. The van der Waals surface area contributed by atoms with Gasteiger partial charge in [0.05, 0.1) is 17.6 Å². The standard InChI is InChI=1S/C24H28N4O2/c1-17(2)13-14-25-23(30)24(3)16-27-20-12-8-7-11-19(20)26-21(27)22(29)28(24)15-18-9-5-4-6-10-18/h4-12,17H,13-16H2,1-3H3,(H,25,30). The smallest absolute Gasteiger partial charge is 0.291 e. The summed E-state index contributed by atoms with van der Waals surface area (Å²) in [5.74, 6) is 0.536. The van der Waals surface area contributed by atoms with Crippen molar-refractivity contribution >= 4 is 22.8 Å². The Morgan fingerprint density at radius 3 is 2.57 bits per heavy atom. The van der Waals surface area contributed by atoms with Crippen LogP contribution in [0.4, 0.5) is 0 Å². The molecule has 6 heteroatoms. The van der Waals surface area contributed by atoms with E-state index in [0.29, 0.717) is 31.4 Å². The number of para-hydroxylation sites is 2. The molecule has 1 atom stereocenters. The number of hydrogen-bond donors (Lipinski definition) is 1. The molecule has 0 fully saturated rings. The SMILES string of the molecule is CC(C)CCNC(=O)C1(C)Cn2c(nc3ccccc32)C(=O)N1Cc1ccccc1. The summed E-state index contributed by atoms with van der Waals surface area (Å²) in [6.07, 6.45) is 0.897. The molecule has 4 rings (SSSR count). The summed E-state index contributed by atoms with van der Waals surface area (Å²) in [7, 11) is 0. The summed E-state index contributed by atoms with van der Waals surface area (Å²) >= 11 is 0. The first-order valence-electron chi connectivity index (χ1n) is 10.5. The average molecular weight is 405 g/mol. The fraction of sp³-hybridized carbons (Fsp3) is 0.375. The molecular weight excluding hydrogens is 376 g/mol. The summed E-state index contributed by atoms with van der Waals surface area (Å²) in [6.45, 7) is 7.44. The quantitative estimate of drug-likeness (QED) is 0.682. The van der Waals surface area contributed by atoms with Gasteiger partial charge < -0.3 is 14.8 Å². The molecule has 0 spiro atoms. The van der Waals surface area contributed by atoms with E-state index in [1.807, 2.05) is 66.1 Å². The molecule has 2 heterocycles. The third-order valence-corrected chi connectivity index (χ3v) is 5.83. The van der Waals surface area contributed by atoms with Crippen LogP contribution >= 0.6 is 0 Å². The van der Waals surface area contributed by atoms with E-state index < -0.39 is 5.54 Å². The van der Waals surface area contributed by atoms with E-state index in [-0.39, 0.29) is 11.8 Å². The molecule has 1 aliphatic rings.